The molecule has 154 valence electrons. The number of nitrogens with two attached hydrogens (primary N) is 1. The number of carbonyl (C=O) groups excluding carboxylic acids is 1. The van der Waals surface area contributed by atoms with Gasteiger partial charge < -0.3 is 4.90 Å². The molecule has 0 saturated carbocycles. The van der Waals surface area contributed by atoms with Crippen LogP contribution in [0.1, 0.15) is 34.3 Å². The van der Waals surface area contributed by atoms with Crippen molar-refractivity contribution in [3.8, 4) is 0 Å². The maximum atomic E-state index is 13.1. The van der Waals surface area contributed by atoms with Gasteiger partial charge >= 0.3 is 0 Å². The number of sulfonamides is 1. The molecule has 0 radical (unpaired) electrons. The average molecular weight is 438 g/mol. The molecule has 2 heterocycles. The second-order valence-corrected chi connectivity index (χ2v) is 9.49. The van der Waals surface area contributed by atoms with Crippen LogP contribution in [0.25, 0.3) is 0 Å². The minimum Gasteiger partial charge on any atom is -0.331 e. The quantitative estimate of drug-likeness (QED) is 0.797. The van der Waals surface area contributed by atoms with E-state index in [0.29, 0.717) is 17.7 Å². The second kappa shape index (κ2) is 7.68. The van der Waals surface area contributed by atoms with Crippen molar-refractivity contribution >= 4 is 27.5 Å². The Morgan fingerprint density at radius 3 is 2.41 bits per heavy atom. The number of carbonyl (C=O) groups is 1. The maximum absolute atomic E-state index is 13.1. The predicted molar refractivity (Wildman–Crippen MR) is 107 cm³/mol. The van der Waals surface area contributed by atoms with Crippen LogP contribution in [0.5, 0.6) is 0 Å². The van der Waals surface area contributed by atoms with Gasteiger partial charge in [-0.2, -0.15) is 0 Å². The Balaban J connectivity index is 1.42. The monoisotopic (exact) mass is 437 g/mol. The normalized spacial score (nSPS) is 18.3. The SMILES string of the molecule is NS(=O)(=O)c1cc2c(cc1Cl)C(=O)N(C1CCN(Cc3ccc(F)cc3)CC1)C2. The zero-order chi connectivity index (χ0) is 20.8. The third kappa shape index (κ3) is 4.16. The molecule has 1 fully saturated rings. The highest BCUT2D eigenvalue weighted by Crippen LogP contribution is 2.33. The van der Waals surface area contributed by atoms with E-state index in [1.54, 1.807) is 17.0 Å². The Hall–Kier alpha value is -2.00. The van der Waals surface area contributed by atoms with E-state index >= 15 is 0 Å². The lowest BCUT2D eigenvalue weighted by Crippen LogP contribution is -2.44. The molecular formula is C20H21ClFN3O3S. The van der Waals surface area contributed by atoms with Crippen LogP contribution in [0.2, 0.25) is 5.02 Å². The fourth-order valence-corrected chi connectivity index (χ4v) is 5.21. The number of piperidine rings is 1. The number of halogens is 2. The van der Waals surface area contributed by atoms with Gasteiger partial charge in [-0.05, 0) is 48.2 Å². The van der Waals surface area contributed by atoms with Crippen molar-refractivity contribution in [3.05, 3.63) is 63.9 Å². The maximum Gasteiger partial charge on any atom is 0.254 e. The first-order chi connectivity index (χ1) is 13.7. The molecule has 1 saturated heterocycles. The van der Waals surface area contributed by atoms with Crippen LogP contribution in [-0.4, -0.2) is 43.3 Å². The van der Waals surface area contributed by atoms with Crippen LogP contribution in [0.15, 0.2) is 41.3 Å². The van der Waals surface area contributed by atoms with E-state index in [-0.39, 0.29) is 27.7 Å². The van der Waals surface area contributed by atoms with Crippen molar-refractivity contribution in [2.24, 2.45) is 5.14 Å². The largest absolute Gasteiger partial charge is 0.331 e. The number of hydrogen-bond acceptors (Lipinski definition) is 4. The first kappa shape index (κ1) is 20.3. The molecule has 1 amide bonds. The smallest absolute Gasteiger partial charge is 0.254 e. The Bertz CT molecular complexity index is 1050. The number of fused-ring (bicyclic) bond motifs is 1. The molecule has 6 nitrogen and oxygen atoms in total. The number of rotatable bonds is 4. The van der Waals surface area contributed by atoms with Crippen molar-refractivity contribution < 1.29 is 17.6 Å². The third-order valence-electron chi connectivity index (χ3n) is 5.61. The van der Waals surface area contributed by atoms with Gasteiger partial charge in [0.1, 0.15) is 10.7 Å². The van der Waals surface area contributed by atoms with Gasteiger partial charge in [-0.1, -0.05) is 23.7 Å². The minimum absolute atomic E-state index is 0.0319. The summed E-state index contributed by atoms with van der Waals surface area (Å²) in [5.74, 6) is -0.370. The Kier molecular flexibility index (Phi) is 5.37. The number of hydrogen-bond donors (Lipinski definition) is 1. The molecule has 2 N–H and O–H groups in total. The Labute approximate surface area is 174 Å². The molecule has 0 atom stereocenters. The van der Waals surface area contributed by atoms with Gasteiger partial charge in [0.15, 0.2) is 0 Å². The molecule has 0 bridgehead atoms. The number of primary sulfonamides is 1. The molecule has 9 heteroatoms. The fourth-order valence-electron chi connectivity index (χ4n) is 4.09. The summed E-state index contributed by atoms with van der Waals surface area (Å²) >= 11 is 6.04. The summed E-state index contributed by atoms with van der Waals surface area (Å²) in [5, 5.41) is 5.18. The van der Waals surface area contributed by atoms with Gasteiger partial charge in [0, 0.05) is 37.8 Å². The standard InChI is InChI=1S/C20H21ClFN3O3S/c21-18-10-17-14(9-19(18)29(23,27)28)12-25(20(17)26)16-5-7-24(8-6-16)11-13-1-3-15(22)4-2-13/h1-4,9-10,16H,5-8,11-12H2,(H2,23,27,28). The predicted octanol–water partition coefficient (Wildman–Crippen LogP) is 2.75. The van der Waals surface area contributed by atoms with Gasteiger partial charge in [0.25, 0.3) is 5.91 Å². The Morgan fingerprint density at radius 1 is 1.14 bits per heavy atom. The molecule has 0 aromatic heterocycles. The van der Waals surface area contributed by atoms with Crippen molar-refractivity contribution in [1.29, 1.82) is 0 Å². The summed E-state index contributed by atoms with van der Waals surface area (Å²) in [6, 6.07) is 9.39. The van der Waals surface area contributed by atoms with E-state index in [2.05, 4.69) is 4.90 Å². The summed E-state index contributed by atoms with van der Waals surface area (Å²) in [7, 11) is -3.95. The molecule has 2 aromatic carbocycles. The number of likely N-dealkylation sites (tertiary alicyclic amines) is 1. The number of benzene rings is 2. The zero-order valence-electron chi connectivity index (χ0n) is 15.6. The van der Waals surface area contributed by atoms with E-state index in [1.165, 1.54) is 24.3 Å². The van der Waals surface area contributed by atoms with Crippen LogP contribution in [0.4, 0.5) is 4.39 Å². The molecule has 0 aliphatic carbocycles. The first-order valence-corrected chi connectivity index (χ1v) is 11.3. The van der Waals surface area contributed by atoms with Crippen LogP contribution in [0.3, 0.4) is 0 Å². The summed E-state index contributed by atoms with van der Waals surface area (Å²) < 4.78 is 36.4. The van der Waals surface area contributed by atoms with Gasteiger partial charge in [-0.25, -0.2) is 17.9 Å². The van der Waals surface area contributed by atoms with Crippen LogP contribution < -0.4 is 5.14 Å². The molecule has 0 spiro atoms. The lowest BCUT2D eigenvalue weighted by Gasteiger charge is -2.36. The minimum atomic E-state index is -3.95. The lowest BCUT2D eigenvalue weighted by molar-refractivity contribution is 0.0590. The highest BCUT2D eigenvalue weighted by atomic mass is 35.5. The highest BCUT2D eigenvalue weighted by Gasteiger charge is 2.35. The number of amides is 1. The average Bonchev–Trinajstić information content (AvgIpc) is 2.99. The van der Waals surface area contributed by atoms with Crippen molar-refractivity contribution in [3.63, 3.8) is 0 Å². The first-order valence-electron chi connectivity index (χ1n) is 9.35. The zero-order valence-corrected chi connectivity index (χ0v) is 17.2. The molecule has 4 rings (SSSR count). The van der Waals surface area contributed by atoms with Gasteiger partial charge in [0.05, 0.1) is 5.02 Å². The second-order valence-electron chi connectivity index (χ2n) is 7.55. The summed E-state index contributed by atoms with van der Waals surface area (Å²) in [5.41, 5.74) is 2.13. The van der Waals surface area contributed by atoms with E-state index in [0.717, 1.165) is 38.0 Å². The van der Waals surface area contributed by atoms with Gasteiger partial charge in [-0.15, -0.1) is 0 Å². The van der Waals surface area contributed by atoms with E-state index in [4.69, 9.17) is 16.7 Å². The van der Waals surface area contributed by atoms with Gasteiger partial charge in [0.2, 0.25) is 10.0 Å². The van der Waals surface area contributed by atoms with Crippen LogP contribution in [0, 0.1) is 5.82 Å². The molecular weight excluding hydrogens is 417 g/mol. The van der Waals surface area contributed by atoms with E-state index in [1.807, 2.05) is 0 Å². The third-order valence-corrected chi connectivity index (χ3v) is 6.99. The Morgan fingerprint density at radius 2 is 1.79 bits per heavy atom. The van der Waals surface area contributed by atoms with E-state index < -0.39 is 10.0 Å². The molecule has 2 aliphatic rings. The molecule has 29 heavy (non-hydrogen) atoms. The topological polar surface area (TPSA) is 83.7 Å². The number of nitrogens with zero attached hydrogens (tertiary/aromatic N) is 2. The molecule has 2 aliphatic heterocycles. The summed E-state index contributed by atoms with van der Waals surface area (Å²) in [6.45, 7) is 2.75. The van der Waals surface area contributed by atoms with Gasteiger partial charge in [-0.3, -0.25) is 9.69 Å². The van der Waals surface area contributed by atoms with E-state index in [9.17, 15) is 17.6 Å². The highest BCUT2D eigenvalue weighted by molar-refractivity contribution is 7.89. The fraction of sp³-hybridized carbons (Fsp3) is 0.350. The molecule has 2 aromatic rings. The van der Waals surface area contributed by atoms with Crippen molar-refractivity contribution in [2.75, 3.05) is 13.1 Å². The van der Waals surface area contributed by atoms with Crippen LogP contribution >= 0.6 is 11.6 Å². The summed E-state index contributed by atoms with van der Waals surface area (Å²) in [4.78, 5) is 16.8. The lowest BCUT2D eigenvalue weighted by atomic mass is 10.0. The van der Waals surface area contributed by atoms with Crippen molar-refractivity contribution in [2.45, 2.75) is 36.9 Å². The molecule has 0 unspecified atom stereocenters. The van der Waals surface area contributed by atoms with Crippen molar-refractivity contribution in [1.82, 2.24) is 9.80 Å². The summed E-state index contributed by atoms with van der Waals surface area (Å²) in [6.07, 6.45) is 1.63. The van der Waals surface area contributed by atoms with Crippen LogP contribution in [-0.2, 0) is 23.1 Å².